The van der Waals surface area contributed by atoms with Crippen molar-refractivity contribution in [3.05, 3.63) is 60.4 Å². The molecule has 1 aromatic carbocycles. The molecule has 26 heavy (non-hydrogen) atoms. The predicted octanol–water partition coefficient (Wildman–Crippen LogP) is 3.62. The van der Waals surface area contributed by atoms with Crippen LogP contribution in [0.4, 0.5) is 0 Å². The third kappa shape index (κ3) is 3.43. The Labute approximate surface area is 155 Å². The van der Waals surface area contributed by atoms with Crippen LogP contribution >= 0.6 is 0 Å². The van der Waals surface area contributed by atoms with E-state index < -0.39 is 5.60 Å². The minimum atomic E-state index is -0.533. The Morgan fingerprint density at radius 2 is 1.88 bits per heavy atom. The Bertz CT molecular complexity index is 728. The molecule has 138 valence electrons. The Balaban J connectivity index is 1.49. The zero-order valence-electron chi connectivity index (χ0n) is 15.3. The lowest BCUT2D eigenvalue weighted by molar-refractivity contribution is -0.143. The first-order valence-corrected chi connectivity index (χ1v) is 9.83. The molecule has 4 rings (SSSR count). The molecule has 1 amide bonds. The molecule has 1 aromatic heterocycles. The summed E-state index contributed by atoms with van der Waals surface area (Å²) in [6.07, 6.45) is 9.47. The van der Waals surface area contributed by atoms with Crippen LogP contribution in [-0.4, -0.2) is 39.2 Å². The molecule has 0 unspecified atom stereocenters. The van der Waals surface area contributed by atoms with E-state index >= 15 is 0 Å². The maximum atomic E-state index is 13.1. The zero-order chi connectivity index (χ0) is 18.0. The van der Waals surface area contributed by atoms with Crippen LogP contribution in [0.5, 0.6) is 0 Å². The third-order valence-corrected chi connectivity index (χ3v) is 6.32. The van der Waals surface area contributed by atoms with Crippen LogP contribution < -0.4 is 0 Å². The van der Waals surface area contributed by atoms with Crippen LogP contribution in [0.3, 0.4) is 0 Å². The molecule has 4 heteroatoms. The fourth-order valence-corrected chi connectivity index (χ4v) is 4.72. The van der Waals surface area contributed by atoms with Crippen LogP contribution in [0.1, 0.15) is 50.1 Å². The zero-order valence-corrected chi connectivity index (χ0v) is 15.3. The molecule has 3 atom stereocenters. The molecule has 2 heterocycles. The lowest BCUT2D eigenvalue weighted by Gasteiger charge is -2.47. The predicted molar refractivity (Wildman–Crippen MR) is 102 cm³/mol. The molecule has 2 fully saturated rings. The number of aromatic nitrogens is 1. The van der Waals surface area contributed by atoms with Gasteiger partial charge in [-0.3, -0.25) is 4.79 Å². The van der Waals surface area contributed by atoms with Gasteiger partial charge in [0.05, 0.1) is 18.1 Å². The molecular formula is C22H28N2O2. The van der Waals surface area contributed by atoms with Crippen molar-refractivity contribution in [3.8, 4) is 0 Å². The van der Waals surface area contributed by atoms with Crippen molar-refractivity contribution in [2.75, 3.05) is 13.1 Å². The number of likely N-dealkylation sites (tertiary alicyclic amines) is 1. The Hall–Kier alpha value is -2.07. The number of fused-ring (bicyclic) bond motifs is 1. The van der Waals surface area contributed by atoms with E-state index in [-0.39, 0.29) is 17.9 Å². The topological polar surface area (TPSA) is 45.5 Å². The van der Waals surface area contributed by atoms with Crippen LogP contribution in [-0.2, 0) is 4.79 Å². The number of nitrogens with zero attached hydrogens (tertiary/aromatic N) is 2. The maximum Gasteiger partial charge on any atom is 0.225 e. The monoisotopic (exact) mass is 352 g/mol. The molecule has 4 nitrogen and oxygen atoms in total. The second kappa shape index (κ2) is 7.28. The minimum absolute atomic E-state index is 0.0193. The van der Waals surface area contributed by atoms with Crippen LogP contribution in [0.15, 0.2) is 54.9 Å². The van der Waals surface area contributed by atoms with E-state index in [0.717, 1.165) is 31.2 Å². The second-order valence-corrected chi connectivity index (χ2v) is 7.90. The second-order valence-electron chi connectivity index (χ2n) is 7.90. The van der Waals surface area contributed by atoms with E-state index in [2.05, 4.69) is 16.7 Å². The molecule has 1 saturated heterocycles. The molecule has 1 saturated carbocycles. The Morgan fingerprint density at radius 1 is 1.12 bits per heavy atom. The first-order chi connectivity index (χ1) is 12.7. The molecule has 0 radical (unpaired) electrons. The molecule has 0 spiro atoms. The van der Waals surface area contributed by atoms with Crippen molar-refractivity contribution in [2.24, 2.45) is 5.92 Å². The van der Waals surface area contributed by atoms with E-state index in [1.165, 1.54) is 6.42 Å². The van der Waals surface area contributed by atoms with Crippen molar-refractivity contribution in [2.45, 2.75) is 50.2 Å². The van der Waals surface area contributed by atoms with Gasteiger partial charge in [0.25, 0.3) is 0 Å². The van der Waals surface area contributed by atoms with Gasteiger partial charge in [-0.15, -0.1) is 0 Å². The average Bonchev–Trinajstić information content (AvgIpc) is 3.20. The summed E-state index contributed by atoms with van der Waals surface area (Å²) >= 11 is 0. The van der Waals surface area contributed by atoms with Gasteiger partial charge < -0.3 is 14.6 Å². The molecule has 1 aliphatic heterocycles. The summed E-state index contributed by atoms with van der Waals surface area (Å²) in [5, 5.41) is 10.9. The van der Waals surface area contributed by atoms with Crippen molar-refractivity contribution in [1.29, 1.82) is 0 Å². The van der Waals surface area contributed by atoms with Gasteiger partial charge in [-0.2, -0.15) is 0 Å². The minimum Gasteiger partial charge on any atom is -0.389 e. The first kappa shape index (κ1) is 17.3. The van der Waals surface area contributed by atoms with Crippen molar-refractivity contribution < 1.29 is 9.90 Å². The van der Waals surface area contributed by atoms with Crippen LogP contribution in [0.25, 0.3) is 0 Å². The number of hydrogen-bond donors (Lipinski definition) is 1. The lowest BCUT2D eigenvalue weighted by Crippen LogP contribution is -2.54. The van der Waals surface area contributed by atoms with Gasteiger partial charge in [-0.05, 0) is 37.0 Å². The van der Waals surface area contributed by atoms with Crippen LogP contribution in [0.2, 0.25) is 0 Å². The van der Waals surface area contributed by atoms with E-state index in [4.69, 9.17) is 0 Å². The smallest absolute Gasteiger partial charge is 0.225 e. The first-order valence-electron chi connectivity index (χ1n) is 9.83. The number of aliphatic hydroxyl groups is 1. The van der Waals surface area contributed by atoms with Gasteiger partial charge >= 0.3 is 0 Å². The number of amides is 1. The van der Waals surface area contributed by atoms with Gasteiger partial charge in [0.2, 0.25) is 5.91 Å². The number of carbonyl (C=O) groups is 1. The number of rotatable bonds is 4. The van der Waals surface area contributed by atoms with E-state index in [1.54, 1.807) is 0 Å². The van der Waals surface area contributed by atoms with Gasteiger partial charge in [0.15, 0.2) is 0 Å². The normalized spacial score (nSPS) is 27.0. The summed E-state index contributed by atoms with van der Waals surface area (Å²) in [5.74, 6) is 0.441. The summed E-state index contributed by atoms with van der Waals surface area (Å²) < 4.78 is 2.12. The standard InChI is InChI=1S/C22H28N2O2/c25-21(24-15-12-22(26)11-5-4-10-19(22)17-24)16-20(23-13-6-7-14-23)18-8-2-1-3-9-18/h1-3,6-9,13-14,19-20,26H,4-5,10-12,15-17H2/t19-,20-,22-/m0/s1. The third-order valence-electron chi connectivity index (χ3n) is 6.32. The lowest BCUT2D eigenvalue weighted by atomic mass is 9.71. The fraction of sp³-hybridized carbons (Fsp3) is 0.500. The van der Waals surface area contributed by atoms with Crippen molar-refractivity contribution in [1.82, 2.24) is 9.47 Å². The van der Waals surface area contributed by atoms with Crippen LogP contribution in [0, 0.1) is 5.92 Å². The largest absolute Gasteiger partial charge is 0.389 e. The molecule has 1 aliphatic carbocycles. The fourth-order valence-electron chi connectivity index (χ4n) is 4.72. The van der Waals surface area contributed by atoms with E-state index in [0.29, 0.717) is 19.5 Å². The Kier molecular flexibility index (Phi) is 4.86. The molecule has 2 aromatic rings. The SMILES string of the molecule is O=C(C[C@@H](c1ccccc1)n1cccc1)N1CC[C@@]2(O)CCCC[C@H]2C1. The van der Waals surface area contributed by atoms with Gasteiger partial charge in [-0.1, -0.05) is 43.2 Å². The van der Waals surface area contributed by atoms with Crippen molar-refractivity contribution in [3.63, 3.8) is 0 Å². The van der Waals surface area contributed by atoms with Gasteiger partial charge in [0.1, 0.15) is 0 Å². The van der Waals surface area contributed by atoms with E-state index in [9.17, 15) is 9.90 Å². The number of piperidine rings is 1. The number of benzene rings is 1. The molecular weight excluding hydrogens is 324 g/mol. The number of hydrogen-bond acceptors (Lipinski definition) is 2. The highest BCUT2D eigenvalue weighted by atomic mass is 16.3. The maximum absolute atomic E-state index is 13.1. The highest BCUT2D eigenvalue weighted by Gasteiger charge is 2.43. The average molecular weight is 352 g/mol. The van der Waals surface area contributed by atoms with Gasteiger partial charge in [-0.25, -0.2) is 0 Å². The summed E-state index contributed by atoms with van der Waals surface area (Å²) in [7, 11) is 0. The highest BCUT2D eigenvalue weighted by molar-refractivity contribution is 5.77. The summed E-state index contributed by atoms with van der Waals surface area (Å²) in [6, 6.07) is 14.3. The highest BCUT2D eigenvalue weighted by Crippen LogP contribution is 2.40. The summed E-state index contributed by atoms with van der Waals surface area (Å²) in [5.41, 5.74) is 0.622. The quantitative estimate of drug-likeness (QED) is 0.913. The summed E-state index contributed by atoms with van der Waals surface area (Å²) in [4.78, 5) is 15.1. The molecule has 1 N–H and O–H groups in total. The summed E-state index contributed by atoms with van der Waals surface area (Å²) in [6.45, 7) is 1.39. The van der Waals surface area contributed by atoms with Crippen molar-refractivity contribution >= 4 is 5.91 Å². The van der Waals surface area contributed by atoms with Gasteiger partial charge in [0, 0.05) is 31.4 Å². The Morgan fingerprint density at radius 3 is 2.65 bits per heavy atom. The number of carbonyl (C=O) groups excluding carboxylic acids is 1. The van der Waals surface area contributed by atoms with E-state index in [1.807, 2.05) is 47.6 Å². The molecule has 0 bridgehead atoms. The molecule has 2 aliphatic rings.